The number of benzene rings is 2. The van der Waals surface area contributed by atoms with Crippen LogP contribution in [0, 0.1) is 5.92 Å². The van der Waals surface area contributed by atoms with Crippen LogP contribution in [0.2, 0.25) is 5.02 Å². The number of piperidine rings is 1. The Morgan fingerprint density at radius 3 is 2.57 bits per heavy atom. The van der Waals surface area contributed by atoms with Crippen LogP contribution >= 0.6 is 11.6 Å². The van der Waals surface area contributed by atoms with E-state index in [1.165, 1.54) is 4.90 Å². The molecule has 2 aromatic rings. The van der Waals surface area contributed by atoms with Gasteiger partial charge in [0.25, 0.3) is 5.91 Å². The number of carbonyl (C=O) groups excluding carboxylic acids is 2. The van der Waals surface area contributed by atoms with Gasteiger partial charge in [-0.3, -0.25) is 14.4 Å². The smallest absolute Gasteiger partial charge is 0.305 e. The van der Waals surface area contributed by atoms with Crippen molar-refractivity contribution in [3.05, 3.63) is 58.6 Å². The summed E-state index contributed by atoms with van der Waals surface area (Å²) in [4.78, 5) is 40.6. The standard InChI is InChI=1S/C26H30ClN3O5/c27-20-3-1-19(2-4-20)16-30-23-6-5-21(35-14-10-18-7-11-28-12-8-18)15-22(23)26(34)29(17-24(30)31)13-9-25(32)33/h1-6,15,18,28H,7-14,16-17H2,(H,32,33). The fourth-order valence-corrected chi connectivity index (χ4v) is 4.63. The first kappa shape index (κ1) is 25.0. The molecule has 2 N–H and O–H groups in total. The van der Waals surface area contributed by atoms with E-state index in [1.807, 2.05) is 12.1 Å². The SMILES string of the molecule is O=C(O)CCN1CC(=O)N(Cc2ccc(Cl)cc2)c2ccc(OCCC3CCNCC3)cc2C1=O. The molecule has 0 unspecified atom stereocenters. The van der Waals surface area contributed by atoms with Crippen molar-refractivity contribution < 1.29 is 24.2 Å². The summed E-state index contributed by atoms with van der Waals surface area (Å²) < 4.78 is 5.99. The summed E-state index contributed by atoms with van der Waals surface area (Å²) in [6, 6.07) is 12.4. The van der Waals surface area contributed by atoms with E-state index in [9.17, 15) is 14.4 Å². The van der Waals surface area contributed by atoms with E-state index in [2.05, 4.69) is 5.32 Å². The fraction of sp³-hybridized carbons (Fsp3) is 0.423. The molecule has 0 spiro atoms. The molecule has 186 valence electrons. The van der Waals surface area contributed by atoms with Crippen molar-refractivity contribution in [3.8, 4) is 5.75 Å². The molecule has 0 saturated carbocycles. The first-order valence-electron chi connectivity index (χ1n) is 11.9. The Morgan fingerprint density at radius 2 is 1.86 bits per heavy atom. The molecule has 0 radical (unpaired) electrons. The molecule has 4 rings (SSSR count). The lowest BCUT2D eigenvalue weighted by atomic mass is 9.95. The van der Waals surface area contributed by atoms with Crippen LogP contribution in [0.3, 0.4) is 0 Å². The third-order valence-electron chi connectivity index (χ3n) is 6.51. The van der Waals surface area contributed by atoms with E-state index in [0.717, 1.165) is 37.9 Å². The van der Waals surface area contributed by atoms with Gasteiger partial charge in [0.1, 0.15) is 12.3 Å². The second-order valence-electron chi connectivity index (χ2n) is 8.99. The van der Waals surface area contributed by atoms with Crippen LogP contribution in [0.15, 0.2) is 42.5 Å². The van der Waals surface area contributed by atoms with Crippen molar-refractivity contribution in [3.63, 3.8) is 0 Å². The Balaban J connectivity index is 1.57. The summed E-state index contributed by atoms with van der Waals surface area (Å²) in [5.74, 6) is -0.500. The summed E-state index contributed by atoms with van der Waals surface area (Å²) in [5, 5.41) is 13.1. The van der Waals surface area contributed by atoms with Crippen LogP contribution < -0.4 is 15.0 Å². The number of nitrogens with zero attached hydrogens (tertiary/aromatic N) is 2. The van der Waals surface area contributed by atoms with Gasteiger partial charge in [0.15, 0.2) is 0 Å². The normalized spacial score (nSPS) is 16.7. The van der Waals surface area contributed by atoms with Crippen molar-refractivity contribution >= 4 is 35.1 Å². The summed E-state index contributed by atoms with van der Waals surface area (Å²) in [6.45, 7) is 2.63. The number of aliphatic carboxylic acids is 1. The number of carbonyl (C=O) groups is 3. The van der Waals surface area contributed by atoms with Gasteiger partial charge in [-0.05, 0) is 74.2 Å². The van der Waals surface area contributed by atoms with Gasteiger partial charge in [-0.1, -0.05) is 23.7 Å². The van der Waals surface area contributed by atoms with E-state index < -0.39 is 5.97 Å². The van der Waals surface area contributed by atoms with E-state index in [1.54, 1.807) is 35.2 Å². The summed E-state index contributed by atoms with van der Waals surface area (Å²) in [5.41, 5.74) is 1.68. The Hall–Kier alpha value is -3.10. The lowest BCUT2D eigenvalue weighted by Gasteiger charge is -2.23. The molecule has 35 heavy (non-hydrogen) atoms. The van der Waals surface area contributed by atoms with Crippen molar-refractivity contribution in [2.45, 2.75) is 32.2 Å². The molecule has 0 bridgehead atoms. The molecular formula is C26H30ClN3O5. The zero-order valence-electron chi connectivity index (χ0n) is 19.5. The van der Waals surface area contributed by atoms with Gasteiger partial charge >= 0.3 is 5.97 Å². The predicted octanol–water partition coefficient (Wildman–Crippen LogP) is 3.57. The zero-order chi connectivity index (χ0) is 24.8. The third-order valence-corrected chi connectivity index (χ3v) is 6.76. The maximum atomic E-state index is 13.4. The van der Waals surface area contributed by atoms with E-state index in [4.69, 9.17) is 21.4 Å². The van der Waals surface area contributed by atoms with Crippen LogP contribution in [0.5, 0.6) is 5.75 Å². The number of anilines is 1. The van der Waals surface area contributed by atoms with E-state index in [0.29, 0.717) is 34.5 Å². The highest BCUT2D eigenvalue weighted by Crippen LogP contribution is 2.31. The quantitative estimate of drug-likeness (QED) is 0.547. The second kappa shape index (κ2) is 11.6. The fourth-order valence-electron chi connectivity index (χ4n) is 4.51. The van der Waals surface area contributed by atoms with Gasteiger partial charge in [-0.15, -0.1) is 0 Å². The molecule has 1 fully saturated rings. The van der Waals surface area contributed by atoms with Gasteiger partial charge in [-0.25, -0.2) is 0 Å². The Bertz CT molecular complexity index is 1070. The Labute approximate surface area is 209 Å². The van der Waals surface area contributed by atoms with Crippen molar-refractivity contribution in [1.29, 1.82) is 0 Å². The second-order valence-corrected chi connectivity index (χ2v) is 9.42. The van der Waals surface area contributed by atoms with Gasteiger partial charge < -0.3 is 25.0 Å². The van der Waals surface area contributed by atoms with Crippen LogP contribution in [-0.2, 0) is 16.1 Å². The van der Waals surface area contributed by atoms with Gasteiger partial charge in [0.05, 0.1) is 30.8 Å². The number of rotatable bonds is 9. The van der Waals surface area contributed by atoms with E-state index >= 15 is 0 Å². The minimum atomic E-state index is -1.03. The van der Waals surface area contributed by atoms with Crippen LogP contribution in [0.25, 0.3) is 0 Å². The molecule has 2 heterocycles. The molecular weight excluding hydrogens is 470 g/mol. The molecule has 0 atom stereocenters. The molecule has 9 heteroatoms. The first-order valence-corrected chi connectivity index (χ1v) is 12.3. The maximum Gasteiger partial charge on any atom is 0.305 e. The molecule has 1 saturated heterocycles. The summed E-state index contributed by atoms with van der Waals surface area (Å²) in [7, 11) is 0. The van der Waals surface area contributed by atoms with Crippen molar-refractivity contribution in [2.24, 2.45) is 5.92 Å². The highest BCUT2D eigenvalue weighted by Gasteiger charge is 2.32. The number of hydrogen-bond acceptors (Lipinski definition) is 5. The number of fused-ring (bicyclic) bond motifs is 1. The third kappa shape index (κ3) is 6.52. The monoisotopic (exact) mass is 499 g/mol. The van der Waals surface area contributed by atoms with Crippen LogP contribution in [-0.4, -0.2) is 60.6 Å². The lowest BCUT2D eigenvalue weighted by molar-refractivity contribution is -0.137. The first-order chi connectivity index (χ1) is 16.9. The molecule has 2 amide bonds. The number of hydrogen-bond donors (Lipinski definition) is 2. The minimum absolute atomic E-state index is 0.0467. The molecule has 2 aliphatic heterocycles. The van der Waals surface area contributed by atoms with E-state index in [-0.39, 0.29) is 37.9 Å². The van der Waals surface area contributed by atoms with Gasteiger partial charge in [0, 0.05) is 11.6 Å². The largest absolute Gasteiger partial charge is 0.494 e. The molecule has 2 aromatic carbocycles. The average Bonchev–Trinajstić information content (AvgIpc) is 2.95. The average molecular weight is 500 g/mol. The Kier molecular flexibility index (Phi) is 8.25. The molecule has 0 aromatic heterocycles. The number of amides is 2. The topological polar surface area (TPSA) is 99.2 Å². The predicted molar refractivity (Wildman–Crippen MR) is 133 cm³/mol. The molecule has 0 aliphatic carbocycles. The number of ether oxygens (including phenoxy) is 1. The highest BCUT2D eigenvalue weighted by molar-refractivity contribution is 6.30. The van der Waals surface area contributed by atoms with Gasteiger partial charge in [0.2, 0.25) is 5.91 Å². The Morgan fingerprint density at radius 1 is 1.11 bits per heavy atom. The van der Waals surface area contributed by atoms with Crippen molar-refractivity contribution in [2.75, 3.05) is 37.7 Å². The number of nitrogens with one attached hydrogen (secondary N) is 1. The highest BCUT2D eigenvalue weighted by atomic mass is 35.5. The minimum Gasteiger partial charge on any atom is -0.494 e. The summed E-state index contributed by atoms with van der Waals surface area (Å²) in [6.07, 6.45) is 2.97. The van der Waals surface area contributed by atoms with Crippen LogP contribution in [0.4, 0.5) is 5.69 Å². The van der Waals surface area contributed by atoms with Gasteiger partial charge in [-0.2, -0.15) is 0 Å². The zero-order valence-corrected chi connectivity index (χ0v) is 20.3. The number of carboxylic acids is 1. The number of carboxylic acid groups (broad SMARTS) is 1. The maximum absolute atomic E-state index is 13.4. The van der Waals surface area contributed by atoms with Crippen LogP contribution in [0.1, 0.15) is 41.6 Å². The molecule has 2 aliphatic rings. The molecule has 8 nitrogen and oxygen atoms in total. The van der Waals surface area contributed by atoms with Crippen molar-refractivity contribution in [1.82, 2.24) is 10.2 Å². The lowest BCUT2D eigenvalue weighted by Crippen LogP contribution is -2.40. The summed E-state index contributed by atoms with van der Waals surface area (Å²) >= 11 is 6.00. The number of halogens is 1.